The van der Waals surface area contributed by atoms with E-state index in [1.165, 1.54) is 0 Å². The molecule has 0 aliphatic rings. The number of aryl methyl sites for hydroxylation is 2. The van der Waals surface area contributed by atoms with Gasteiger partial charge in [0.1, 0.15) is 5.76 Å². The van der Waals surface area contributed by atoms with E-state index in [4.69, 9.17) is 4.42 Å². The molecule has 1 aromatic heterocycles. The van der Waals surface area contributed by atoms with Crippen LogP contribution in [0.25, 0.3) is 11.5 Å². The molecule has 1 N–H and O–H groups in total. The van der Waals surface area contributed by atoms with Crippen molar-refractivity contribution in [3.05, 3.63) is 41.3 Å². The first-order valence-corrected chi connectivity index (χ1v) is 5.30. The molecule has 16 heavy (non-hydrogen) atoms. The second-order valence-corrected chi connectivity index (χ2v) is 3.96. The van der Waals surface area contributed by atoms with Crippen molar-refractivity contribution in [2.75, 3.05) is 0 Å². The molecule has 3 nitrogen and oxygen atoms in total. The number of rotatable bonds is 2. The molecule has 2 rings (SSSR count). The lowest BCUT2D eigenvalue weighted by molar-refractivity contribution is 0.199. The van der Waals surface area contributed by atoms with Crippen molar-refractivity contribution in [3.63, 3.8) is 0 Å². The second kappa shape index (κ2) is 4.10. The Kier molecular flexibility index (Phi) is 2.79. The van der Waals surface area contributed by atoms with E-state index in [2.05, 4.69) is 4.98 Å². The van der Waals surface area contributed by atoms with Gasteiger partial charge in [0.25, 0.3) is 0 Å². The second-order valence-electron chi connectivity index (χ2n) is 3.96. The van der Waals surface area contributed by atoms with E-state index in [1.807, 2.05) is 38.1 Å². The summed E-state index contributed by atoms with van der Waals surface area (Å²) in [6.07, 6.45) is -0.443. The van der Waals surface area contributed by atoms with Gasteiger partial charge in [-0.15, -0.1) is 0 Å². The summed E-state index contributed by atoms with van der Waals surface area (Å²) in [5.41, 5.74) is 2.74. The van der Waals surface area contributed by atoms with Gasteiger partial charge in [-0.2, -0.15) is 0 Å². The zero-order chi connectivity index (χ0) is 11.7. The molecular formula is C13H15NO2. The van der Waals surface area contributed by atoms with Crippen LogP contribution in [-0.2, 0) is 0 Å². The highest BCUT2D eigenvalue weighted by molar-refractivity contribution is 5.54. The van der Waals surface area contributed by atoms with Gasteiger partial charge >= 0.3 is 0 Å². The van der Waals surface area contributed by atoms with Crippen LogP contribution in [0.2, 0.25) is 0 Å². The Morgan fingerprint density at radius 1 is 1.19 bits per heavy atom. The summed E-state index contributed by atoms with van der Waals surface area (Å²) in [4.78, 5) is 4.33. The van der Waals surface area contributed by atoms with Crippen LogP contribution < -0.4 is 0 Å². The Bertz CT molecular complexity index is 464. The lowest BCUT2D eigenvalue weighted by Gasteiger charge is -2.04. The molecule has 2 aromatic rings. The van der Waals surface area contributed by atoms with Crippen LogP contribution in [0.15, 0.2) is 28.7 Å². The summed E-state index contributed by atoms with van der Waals surface area (Å²) in [6, 6.07) is 7.59. The van der Waals surface area contributed by atoms with Gasteiger partial charge in [-0.05, 0) is 38.5 Å². The van der Waals surface area contributed by atoms with Crippen molar-refractivity contribution < 1.29 is 9.52 Å². The third kappa shape index (κ3) is 1.99. The largest absolute Gasteiger partial charge is 0.441 e. The molecule has 84 valence electrons. The Morgan fingerprint density at radius 3 is 2.25 bits per heavy atom. The number of benzene rings is 1. The summed E-state index contributed by atoms with van der Waals surface area (Å²) < 4.78 is 5.53. The van der Waals surface area contributed by atoms with E-state index >= 15 is 0 Å². The Morgan fingerprint density at radius 2 is 1.81 bits per heavy atom. The monoisotopic (exact) mass is 217 g/mol. The summed E-state index contributed by atoms with van der Waals surface area (Å²) in [6.45, 7) is 5.57. The Labute approximate surface area is 94.8 Å². The minimum atomic E-state index is -0.443. The van der Waals surface area contributed by atoms with Crippen molar-refractivity contribution >= 4 is 0 Å². The molecule has 1 unspecified atom stereocenters. The Balaban J connectivity index is 2.34. The molecule has 0 bridgehead atoms. The van der Waals surface area contributed by atoms with Gasteiger partial charge in [0.15, 0.2) is 0 Å². The summed E-state index contributed by atoms with van der Waals surface area (Å²) in [7, 11) is 0. The van der Waals surface area contributed by atoms with Crippen LogP contribution >= 0.6 is 0 Å². The van der Waals surface area contributed by atoms with Gasteiger partial charge in [-0.1, -0.05) is 12.1 Å². The highest BCUT2D eigenvalue weighted by atomic mass is 16.4. The maximum absolute atomic E-state index is 9.39. The van der Waals surface area contributed by atoms with E-state index < -0.39 is 6.10 Å². The van der Waals surface area contributed by atoms with Crippen LogP contribution in [0.4, 0.5) is 0 Å². The number of hydrogen-bond donors (Lipinski definition) is 1. The van der Waals surface area contributed by atoms with Crippen molar-refractivity contribution in [1.29, 1.82) is 0 Å². The molecule has 3 heteroatoms. The van der Waals surface area contributed by atoms with Gasteiger partial charge in [0, 0.05) is 5.56 Å². The topological polar surface area (TPSA) is 46.3 Å². The van der Waals surface area contributed by atoms with E-state index in [0.29, 0.717) is 5.89 Å². The highest BCUT2D eigenvalue weighted by Crippen LogP contribution is 2.23. The van der Waals surface area contributed by atoms with E-state index in [-0.39, 0.29) is 0 Å². The van der Waals surface area contributed by atoms with Gasteiger partial charge in [-0.25, -0.2) is 4.98 Å². The molecular weight excluding hydrogens is 202 g/mol. The first kappa shape index (κ1) is 10.9. The number of hydrogen-bond acceptors (Lipinski definition) is 3. The van der Waals surface area contributed by atoms with Crippen LogP contribution in [0.3, 0.4) is 0 Å². The standard InChI is InChI=1S/C13H15NO2/c1-8-10(3)16-13(14-8)12-6-4-11(5-7-12)9(2)15/h4-7,9,15H,1-3H3. The molecule has 0 aliphatic heterocycles. The predicted molar refractivity (Wildman–Crippen MR) is 62.0 cm³/mol. The average molecular weight is 217 g/mol. The van der Waals surface area contributed by atoms with Crippen molar-refractivity contribution in [2.24, 2.45) is 0 Å². The fourth-order valence-electron chi connectivity index (χ4n) is 1.50. The number of oxazole rings is 1. The quantitative estimate of drug-likeness (QED) is 0.841. The first-order chi connectivity index (χ1) is 7.58. The van der Waals surface area contributed by atoms with E-state index in [1.54, 1.807) is 6.92 Å². The molecule has 0 saturated heterocycles. The summed E-state index contributed by atoms with van der Waals surface area (Å²) in [5, 5.41) is 9.39. The van der Waals surface area contributed by atoms with E-state index in [9.17, 15) is 5.11 Å². The maximum Gasteiger partial charge on any atom is 0.226 e. The van der Waals surface area contributed by atoms with Gasteiger partial charge in [0.05, 0.1) is 11.8 Å². The zero-order valence-electron chi connectivity index (χ0n) is 9.69. The molecule has 1 atom stereocenters. The highest BCUT2D eigenvalue weighted by Gasteiger charge is 2.08. The van der Waals surface area contributed by atoms with E-state index in [0.717, 1.165) is 22.6 Å². The molecule has 1 aromatic carbocycles. The van der Waals surface area contributed by atoms with Crippen LogP contribution in [0, 0.1) is 13.8 Å². The van der Waals surface area contributed by atoms with Gasteiger partial charge in [-0.3, -0.25) is 0 Å². The fourth-order valence-corrected chi connectivity index (χ4v) is 1.50. The molecule has 0 spiro atoms. The molecule has 0 radical (unpaired) electrons. The average Bonchev–Trinajstić information content (AvgIpc) is 2.59. The smallest absolute Gasteiger partial charge is 0.226 e. The minimum absolute atomic E-state index is 0.443. The maximum atomic E-state index is 9.39. The molecule has 0 amide bonds. The SMILES string of the molecule is Cc1nc(-c2ccc(C(C)O)cc2)oc1C. The predicted octanol–water partition coefficient (Wildman–Crippen LogP) is 3.01. The third-order valence-corrected chi connectivity index (χ3v) is 2.67. The van der Waals surface area contributed by atoms with Crippen molar-refractivity contribution in [3.8, 4) is 11.5 Å². The normalized spacial score (nSPS) is 12.8. The summed E-state index contributed by atoms with van der Waals surface area (Å²) >= 11 is 0. The van der Waals surface area contributed by atoms with Crippen molar-refractivity contribution in [1.82, 2.24) is 4.98 Å². The van der Waals surface area contributed by atoms with Crippen LogP contribution in [-0.4, -0.2) is 10.1 Å². The number of aromatic nitrogens is 1. The van der Waals surface area contributed by atoms with Crippen molar-refractivity contribution in [2.45, 2.75) is 26.9 Å². The lowest BCUT2D eigenvalue weighted by Crippen LogP contribution is -1.90. The van der Waals surface area contributed by atoms with Gasteiger partial charge < -0.3 is 9.52 Å². The first-order valence-electron chi connectivity index (χ1n) is 5.30. The number of aliphatic hydroxyl groups excluding tert-OH is 1. The molecule has 0 fully saturated rings. The van der Waals surface area contributed by atoms with Gasteiger partial charge in [0.2, 0.25) is 5.89 Å². The number of aliphatic hydroxyl groups is 1. The number of nitrogens with zero attached hydrogens (tertiary/aromatic N) is 1. The molecule has 0 saturated carbocycles. The zero-order valence-corrected chi connectivity index (χ0v) is 9.69. The molecule has 0 aliphatic carbocycles. The van der Waals surface area contributed by atoms with Crippen LogP contribution in [0.5, 0.6) is 0 Å². The summed E-state index contributed by atoms with van der Waals surface area (Å²) in [5.74, 6) is 1.47. The van der Waals surface area contributed by atoms with Crippen LogP contribution in [0.1, 0.15) is 30.0 Å². The molecule has 1 heterocycles. The lowest BCUT2D eigenvalue weighted by atomic mass is 10.1. The fraction of sp³-hybridized carbons (Fsp3) is 0.308. The Hall–Kier alpha value is -1.61. The minimum Gasteiger partial charge on any atom is -0.441 e. The third-order valence-electron chi connectivity index (χ3n) is 2.67.